The molecule has 0 aromatic rings. The second-order valence-electron chi connectivity index (χ2n) is 12.2. The number of fused-ring (bicyclic) bond motifs is 7. The smallest absolute Gasteiger partial charge is 0.286 e. The number of nitriles is 1. The maximum atomic E-state index is 10.2. The largest absolute Gasteiger partial charge is 0.494 e. The highest BCUT2D eigenvalue weighted by Gasteiger charge is 2.63. The second-order valence-corrected chi connectivity index (χ2v) is 12.2. The van der Waals surface area contributed by atoms with Crippen molar-refractivity contribution in [3.05, 3.63) is 23.0 Å². The first kappa shape index (κ1) is 22.3. The van der Waals surface area contributed by atoms with Gasteiger partial charge in [-0.3, -0.25) is 0 Å². The van der Waals surface area contributed by atoms with Crippen LogP contribution in [0.3, 0.4) is 0 Å². The monoisotopic (exact) mass is 439 g/mol. The third-order valence-corrected chi connectivity index (χ3v) is 10.6. The lowest BCUT2D eigenvalue weighted by Crippen LogP contribution is -2.50. The van der Waals surface area contributed by atoms with Gasteiger partial charge in [0.15, 0.2) is 0 Å². The lowest BCUT2D eigenvalue weighted by Gasteiger charge is -2.57. The molecule has 5 aliphatic rings. The van der Waals surface area contributed by atoms with E-state index in [-0.39, 0.29) is 6.10 Å². The number of aliphatic hydroxyl groups is 1. The lowest BCUT2D eigenvalue weighted by atomic mass is 9.47. The maximum absolute atomic E-state index is 10.2. The first-order valence-corrected chi connectivity index (χ1v) is 13.0. The van der Waals surface area contributed by atoms with Crippen LogP contribution in [0.15, 0.2) is 23.0 Å². The van der Waals surface area contributed by atoms with Gasteiger partial charge < -0.3 is 14.6 Å². The average molecular weight is 440 g/mol. The molecule has 3 fully saturated rings. The van der Waals surface area contributed by atoms with Gasteiger partial charge in [-0.25, -0.2) is 0 Å². The molecular weight excluding hydrogens is 398 g/mol. The Morgan fingerprint density at radius 2 is 2.09 bits per heavy atom. The van der Waals surface area contributed by atoms with Crippen molar-refractivity contribution in [2.45, 2.75) is 97.7 Å². The second kappa shape index (κ2) is 8.08. The highest BCUT2D eigenvalue weighted by molar-refractivity contribution is 5.30. The summed E-state index contributed by atoms with van der Waals surface area (Å²) in [5, 5.41) is 18.9. The summed E-state index contributed by atoms with van der Waals surface area (Å²) >= 11 is 0. The summed E-state index contributed by atoms with van der Waals surface area (Å²) in [6.07, 6.45) is 14.6. The van der Waals surface area contributed by atoms with Crippen molar-refractivity contribution in [1.82, 2.24) is 0 Å². The minimum Gasteiger partial charge on any atom is -0.494 e. The Bertz CT molecular complexity index is 855. The minimum atomic E-state index is -0.126. The summed E-state index contributed by atoms with van der Waals surface area (Å²) in [5.41, 5.74) is 3.72. The molecule has 5 rings (SSSR count). The summed E-state index contributed by atoms with van der Waals surface area (Å²) in [5.74, 6) is 4.46. The van der Waals surface area contributed by atoms with Crippen LogP contribution in [-0.4, -0.2) is 23.9 Å². The molecule has 32 heavy (non-hydrogen) atoms. The molecule has 0 spiro atoms. The number of aliphatic hydroxyl groups excluding tert-OH is 1. The zero-order valence-electron chi connectivity index (χ0n) is 20.4. The van der Waals surface area contributed by atoms with E-state index in [4.69, 9.17) is 14.7 Å². The lowest BCUT2D eigenvalue weighted by molar-refractivity contribution is -0.0454. The predicted molar refractivity (Wildman–Crippen MR) is 124 cm³/mol. The number of rotatable bonds is 5. The van der Waals surface area contributed by atoms with Gasteiger partial charge in [-0.2, -0.15) is 5.26 Å². The molecule has 0 unspecified atom stereocenters. The highest BCUT2D eigenvalue weighted by Crippen LogP contribution is 2.68. The highest BCUT2D eigenvalue weighted by atomic mass is 16.5. The Labute approximate surface area is 194 Å². The molecule has 1 heterocycles. The third kappa shape index (κ3) is 3.33. The topological polar surface area (TPSA) is 62.5 Å². The molecule has 176 valence electrons. The van der Waals surface area contributed by atoms with E-state index in [2.05, 4.69) is 33.8 Å². The van der Waals surface area contributed by atoms with E-state index < -0.39 is 0 Å². The van der Waals surface area contributed by atoms with Gasteiger partial charge in [-0.1, -0.05) is 32.4 Å². The fourth-order valence-electron chi connectivity index (χ4n) is 8.87. The van der Waals surface area contributed by atoms with Crippen LogP contribution >= 0.6 is 0 Å². The molecule has 9 atom stereocenters. The van der Waals surface area contributed by atoms with Crippen molar-refractivity contribution < 1.29 is 14.6 Å². The van der Waals surface area contributed by atoms with Crippen molar-refractivity contribution in [3.8, 4) is 6.26 Å². The quantitative estimate of drug-likeness (QED) is 0.414. The van der Waals surface area contributed by atoms with Crippen molar-refractivity contribution in [2.75, 3.05) is 6.61 Å². The van der Waals surface area contributed by atoms with Crippen LogP contribution in [0.4, 0.5) is 0 Å². The van der Waals surface area contributed by atoms with Gasteiger partial charge in [0.1, 0.15) is 12.7 Å². The fraction of sp³-hybridized carbons (Fsp3) is 0.821. The standard InChI is InChI=1S/C28H41NO3/c1-17(15-31-16-29)5-8-24-18(2)26-25(32-24)14-23-21-7-6-19-13-20(30)9-11-27(19,3)22(21)10-12-28(23,26)4/h6,17,20-23,25-26,30H,5,7-15H2,1-4H3/t17-,20+,21-,22+,23+,25+,26+,27+,28+/m1/s1. The van der Waals surface area contributed by atoms with Crippen LogP contribution in [0.1, 0.15) is 85.5 Å². The van der Waals surface area contributed by atoms with Gasteiger partial charge >= 0.3 is 0 Å². The van der Waals surface area contributed by atoms with E-state index in [1.54, 1.807) is 11.8 Å². The first-order valence-electron chi connectivity index (χ1n) is 13.0. The minimum absolute atomic E-state index is 0.126. The van der Waals surface area contributed by atoms with E-state index in [1.165, 1.54) is 37.0 Å². The van der Waals surface area contributed by atoms with Gasteiger partial charge in [0.25, 0.3) is 6.26 Å². The van der Waals surface area contributed by atoms with Crippen LogP contribution < -0.4 is 0 Å². The Morgan fingerprint density at radius 3 is 2.88 bits per heavy atom. The Morgan fingerprint density at radius 1 is 1.28 bits per heavy atom. The number of nitrogens with zero attached hydrogens (tertiary/aromatic N) is 1. The van der Waals surface area contributed by atoms with Gasteiger partial charge in [-0.05, 0) is 98.4 Å². The SMILES string of the molecule is CC1=C(CC[C@@H](C)COC#N)O[C@H]2C[C@H]3[C@@H]4CC=C5C[C@@H](O)CC[C@]5(C)[C@H]4CC[C@]3(C)[C@@H]12. The van der Waals surface area contributed by atoms with E-state index in [1.807, 2.05) is 0 Å². The van der Waals surface area contributed by atoms with E-state index in [9.17, 15) is 5.11 Å². The predicted octanol–water partition coefficient (Wildman–Crippen LogP) is 6.12. The fourth-order valence-corrected chi connectivity index (χ4v) is 8.87. The van der Waals surface area contributed by atoms with E-state index in [0.29, 0.717) is 35.4 Å². The zero-order valence-corrected chi connectivity index (χ0v) is 20.4. The molecule has 0 bridgehead atoms. The van der Waals surface area contributed by atoms with Crippen LogP contribution in [0.25, 0.3) is 0 Å². The van der Waals surface area contributed by atoms with Gasteiger partial charge in [0.2, 0.25) is 0 Å². The Kier molecular flexibility index (Phi) is 5.64. The van der Waals surface area contributed by atoms with E-state index in [0.717, 1.165) is 49.9 Å². The van der Waals surface area contributed by atoms with E-state index >= 15 is 0 Å². The van der Waals surface area contributed by atoms with Crippen molar-refractivity contribution in [1.29, 1.82) is 5.26 Å². The van der Waals surface area contributed by atoms with Gasteiger partial charge in [-0.15, -0.1) is 0 Å². The molecule has 1 aliphatic heterocycles. The van der Waals surface area contributed by atoms with Crippen molar-refractivity contribution >= 4 is 0 Å². The van der Waals surface area contributed by atoms with Crippen molar-refractivity contribution in [2.24, 2.45) is 40.4 Å². The zero-order chi connectivity index (χ0) is 22.7. The maximum Gasteiger partial charge on any atom is 0.286 e. The molecular formula is C28H41NO3. The number of hydrogen-bond acceptors (Lipinski definition) is 4. The van der Waals surface area contributed by atoms with Crippen LogP contribution in [-0.2, 0) is 9.47 Å². The summed E-state index contributed by atoms with van der Waals surface area (Å²) in [6, 6.07) is 0. The normalized spacial score (nSPS) is 45.6. The summed E-state index contributed by atoms with van der Waals surface area (Å²) in [4.78, 5) is 0. The van der Waals surface area contributed by atoms with Crippen LogP contribution in [0.5, 0.6) is 0 Å². The number of hydrogen-bond donors (Lipinski definition) is 1. The molecule has 0 aromatic heterocycles. The molecule has 0 amide bonds. The van der Waals surface area contributed by atoms with Crippen molar-refractivity contribution in [3.63, 3.8) is 0 Å². The molecule has 0 saturated heterocycles. The molecule has 3 saturated carbocycles. The first-order chi connectivity index (χ1) is 15.3. The Balaban J connectivity index is 1.33. The summed E-state index contributed by atoms with van der Waals surface area (Å²) in [6.45, 7) is 10.1. The van der Waals surface area contributed by atoms with Crippen LogP contribution in [0.2, 0.25) is 0 Å². The Hall–Kier alpha value is -1.47. The molecule has 4 nitrogen and oxygen atoms in total. The number of allylic oxidation sites excluding steroid dienone is 2. The van der Waals surface area contributed by atoms with Gasteiger partial charge in [0.05, 0.1) is 11.9 Å². The molecule has 0 aromatic carbocycles. The molecule has 4 aliphatic carbocycles. The average Bonchev–Trinajstić information content (AvgIpc) is 3.24. The third-order valence-electron chi connectivity index (χ3n) is 10.6. The molecule has 1 N–H and O–H groups in total. The molecule has 0 radical (unpaired) electrons. The van der Waals surface area contributed by atoms with Gasteiger partial charge in [0, 0.05) is 12.3 Å². The molecule has 4 heteroatoms. The van der Waals surface area contributed by atoms with Crippen LogP contribution in [0, 0.1) is 51.9 Å². The summed E-state index contributed by atoms with van der Waals surface area (Å²) in [7, 11) is 0. The number of ether oxygens (including phenoxy) is 2. The summed E-state index contributed by atoms with van der Waals surface area (Å²) < 4.78 is 11.6.